The molecule has 1 N–H and O–H groups in total. The quantitative estimate of drug-likeness (QED) is 0.177. The van der Waals surface area contributed by atoms with Gasteiger partial charge in [0.05, 0.1) is 6.10 Å². The Hall–Kier alpha value is -0.0800. The van der Waals surface area contributed by atoms with Crippen LogP contribution < -0.4 is 0 Å². The minimum atomic E-state index is -0.121. The Labute approximate surface area is 190 Å². The van der Waals surface area contributed by atoms with Crippen LogP contribution in [0.2, 0.25) is 0 Å². The molecule has 1 saturated carbocycles. The van der Waals surface area contributed by atoms with Crippen LogP contribution in [0.5, 0.6) is 0 Å². The summed E-state index contributed by atoms with van der Waals surface area (Å²) in [4.78, 5) is 2.64. The Bertz CT molecular complexity index is 355. The van der Waals surface area contributed by atoms with Gasteiger partial charge in [0.25, 0.3) is 0 Å². The summed E-state index contributed by atoms with van der Waals surface area (Å²) in [5.74, 6) is 1.85. The van der Waals surface area contributed by atoms with Crippen LogP contribution in [0.4, 0.5) is 0 Å². The van der Waals surface area contributed by atoms with Gasteiger partial charge in [-0.15, -0.1) is 0 Å². The first-order chi connectivity index (χ1) is 14.7. The maximum atomic E-state index is 10.7. The number of hydrogen-bond acceptors (Lipinski definition) is 2. The van der Waals surface area contributed by atoms with E-state index in [1.165, 1.54) is 129 Å². The highest BCUT2D eigenvalue weighted by Gasteiger charge is 2.28. The standard InChI is InChI=1S/C28H57NO/c1-4-7-10-12-14-16-19-27(26-20-18-21-26)24-29(23-9-6-3)25-28(30)22-17-15-13-11-8-5-2/h26-28,30H,4-25H2,1-3H3. The molecule has 0 radical (unpaired) electrons. The first-order valence-corrected chi connectivity index (χ1v) is 14.1. The zero-order chi connectivity index (χ0) is 21.9. The molecule has 0 aromatic carbocycles. The summed E-state index contributed by atoms with van der Waals surface area (Å²) in [5.41, 5.74) is 0. The first kappa shape index (κ1) is 28.0. The minimum Gasteiger partial charge on any atom is -0.392 e. The lowest BCUT2D eigenvalue weighted by atomic mass is 9.73. The maximum absolute atomic E-state index is 10.7. The lowest BCUT2D eigenvalue weighted by Crippen LogP contribution is -2.40. The number of aliphatic hydroxyl groups excluding tert-OH is 1. The average molecular weight is 424 g/mol. The van der Waals surface area contributed by atoms with Crippen LogP contribution in [0.1, 0.15) is 143 Å². The van der Waals surface area contributed by atoms with Gasteiger partial charge in [0.2, 0.25) is 0 Å². The van der Waals surface area contributed by atoms with E-state index in [1.54, 1.807) is 0 Å². The van der Waals surface area contributed by atoms with Gasteiger partial charge in [-0.3, -0.25) is 0 Å². The Balaban J connectivity index is 2.37. The molecule has 2 unspecified atom stereocenters. The molecule has 180 valence electrons. The molecule has 1 aliphatic carbocycles. The van der Waals surface area contributed by atoms with Crippen LogP contribution in [0.15, 0.2) is 0 Å². The molecule has 0 amide bonds. The first-order valence-electron chi connectivity index (χ1n) is 14.1. The van der Waals surface area contributed by atoms with Crippen molar-refractivity contribution in [2.24, 2.45) is 11.8 Å². The van der Waals surface area contributed by atoms with Gasteiger partial charge < -0.3 is 10.0 Å². The van der Waals surface area contributed by atoms with E-state index in [0.29, 0.717) is 0 Å². The molecule has 1 rings (SSSR count). The fourth-order valence-electron chi connectivity index (χ4n) is 5.09. The Morgan fingerprint density at radius 1 is 0.667 bits per heavy atom. The van der Waals surface area contributed by atoms with Gasteiger partial charge >= 0.3 is 0 Å². The molecule has 0 saturated heterocycles. The number of hydrogen-bond donors (Lipinski definition) is 1. The van der Waals surface area contributed by atoms with Crippen LogP contribution in [-0.2, 0) is 0 Å². The molecule has 1 fully saturated rings. The van der Waals surface area contributed by atoms with Gasteiger partial charge in [0.15, 0.2) is 0 Å². The van der Waals surface area contributed by atoms with Crippen molar-refractivity contribution in [1.29, 1.82) is 0 Å². The van der Waals surface area contributed by atoms with Crippen molar-refractivity contribution >= 4 is 0 Å². The highest BCUT2D eigenvalue weighted by molar-refractivity contribution is 4.81. The van der Waals surface area contributed by atoms with Crippen molar-refractivity contribution in [3.63, 3.8) is 0 Å². The van der Waals surface area contributed by atoms with Crippen molar-refractivity contribution in [2.75, 3.05) is 19.6 Å². The van der Waals surface area contributed by atoms with Crippen molar-refractivity contribution < 1.29 is 5.11 Å². The smallest absolute Gasteiger partial charge is 0.0667 e. The van der Waals surface area contributed by atoms with Gasteiger partial charge in [-0.25, -0.2) is 0 Å². The van der Waals surface area contributed by atoms with Crippen LogP contribution >= 0.6 is 0 Å². The van der Waals surface area contributed by atoms with E-state index >= 15 is 0 Å². The van der Waals surface area contributed by atoms with Gasteiger partial charge in [0.1, 0.15) is 0 Å². The third-order valence-electron chi connectivity index (χ3n) is 7.43. The molecule has 2 atom stereocenters. The molecule has 0 heterocycles. The normalized spacial score (nSPS) is 16.7. The summed E-state index contributed by atoms with van der Waals surface area (Å²) in [5, 5.41) is 10.7. The predicted molar refractivity (Wildman–Crippen MR) is 134 cm³/mol. The molecular weight excluding hydrogens is 366 g/mol. The predicted octanol–water partition coefficient (Wildman–Crippen LogP) is 8.37. The lowest BCUT2D eigenvalue weighted by Gasteiger charge is -2.38. The third kappa shape index (κ3) is 14.1. The van der Waals surface area contributed by atoms with E-state index in [1.807, 2.05) is 0 Å². The summed E-state index contributed by atoms with van der Waals surface area (Å²) in [6.45, 7) is 10.2. The highest BCUT2D eigenvalue weighted by atomic mass is 16.3. The van der Waals surface area contributed by atoms with Crippen molar-refractivity contribution in [3.05, 3.63) is 0 Å². The second-order valence-corrected chi connectivity index (χ2v) is 10.3. The molecular formula is C28H57NO. The molecule has 2 nitrogen and oxygen atoms in total. The van der Waals surface area contributed by atoms with Crippen LogP contribution in [-0.4, -0.2) is 35.7 Å². The topological polar surface area (TPSA) is 23.5 Å². The molecule has 30 heavy (non-hydrogen) atoms. The number of nitrogens with zero attached hydrogens (tertiary/aromatic N) is 1. The van der Waals surface area contributed by atoms with Crippen LogP contribution in [0.25, 0.3) is 0 Å². The second kappa shape index (κ2) is 19.6. The van der Waals surface area contributed by atoms with Crippen molar-refractivity contribution in [2.45, 2.75) is 149 Å². The van der Waals surface area contributed by atoms with E-state index in [-0.39, 0.29) is 6.10 Å². The van der Waals surface area contributed by atoms with Crippen molar-refractivity contribution in [3.8, 4) is 0 Å². The van der Waals surface area contributed by atoms with E-state index in [2.05, 4.69) is 25.7 Å². The largest absolute Gasteiger partial charge is 0.392 e. The van der Waals surface area contributed by atoms with Gasteiger partial charge in [-0.1, -0.05) is 124 Å². The SMILES string of the molecule is CCCCCCCCC(O)CN(CCCC)CC(CCCCCCCC)C1CCC1. The van der Waals surface area contributed by atoms with E-state index < -0.39 is 0 Å². The zero-order valence-electron chi connectivity index (χ0n) is 21.2. The third-order valence-corrected chi connectivity index (χ3v) is 7.43. The molecule has 0 aliphatic heterocycles. The Morgan fingerprint density at radius 3 is 1.73 bits per heavy atom. The Morgan fingerprint density at radius 2 is 1.20 bits per heavy atom. The molecule has 2 heteroatoms. The minimum absolute atomic E-state index is 0.121. The van der Waals surface area contributed by atoms with E-state index in [4.69, 9.17) is 0 Å². The summed E-state index contributed by atoms with van der Waals surface area (Å²) in [7, 11) is 0. The summed E-state index contributed by atoms with van der Waals surface area (Å²) in [6.07, 6.45) is 25.6. The number of unbranched alkanes of at least 4 members (excludes halogenated alkanes) is 11. The van der Waals surface area contributed by atoms with E-state index in [9.17, 15) is 5.11 Å². The fourth-order valence-corrected chi connectivity index (χ4v) is 5.09. The van der Waals surface area contributed by atoms with Gasteiger partial charge in [-0.05, 0) is 37.6 Å². The molecule has 0 aromatic rings. The van der Waals surface area contributed by atoms with Crippen LogP contribution in [0.3, 0.4) is 0 Å². The van der Waals surface area contributed by atoms with Gasteiger partial charge in [-0.2, -0.15) is 0 Å². The van der Waals surface area contributed by atoms with Crippen molar-refractivity contribution in [1.82, 2.24) is 4.90 Å². The fraction of sp³-hybridized carbons (Fsp3) is 1.00. The van der Waals surface area contributed by atoms with Crippen LogP contribution in [0, 0.1) is 11.8 Å². The number of rotatable bonds is 22. The summed E-state index contributed by atoms with van der Waals surface area (Å²) in [6, 6.07) is 0. The lowest BCUT2D eigenvalue weighted by molar-refractivity contribution is 0.0717. The summed E-state index contributed by atoms with van der Waals surface area (Å²) >= 11 is 0. The molecule has 0 aromatic heterocycles. The Kier molecular flexibility index (Phi) is 18.3. The zero-order valence-corrected chi connectivity index (χ0v) is 21.2. The van der Waals surface area contributed by atoms with Gasteiger partial charge in [0, 0.05) is 13.1 Å². The highest BCUT2D eigenvalue weighted by Crippen LogP contribution is 2.36. The van der Waals surface area contributed by atoms with E-state index in [0.717, 1.165) is 24.8 Å². The number of aliphatic hydroxyl groups is 1. The second-order valence-electron chi connectivity index (χ2n) is 10.3. The maximum Gasteiger partial charge on any atom is 0.0667 e. The molecule has 0 bridgehead atoms. The monoisotopic (exact) mass is 423 g/mol. The molecule has 0 spiro atoms. The summed E-state index contributed by atoms with van der Waals surface area (Å²) < 4.78 is 0. The average Bonchev–Trinajstić information content (AvgIpc) is 2.69. The molecule has 1 aliphatic rings.